The molecule has 0 saturated carbocycles. The average Bonchev–Trinajstić information content (AvgIpc) is 2.74. The first kappa shape index (κ1) is 14.4. The quantitative estimate of drug-likeness (QED) is 0.767. The van der Waals surface area contributed by atoms with Gasteiger partial charge in [0.25, 0.3) is 10.2 Å². The molecule has 1 saturated heterocycles. The van der Waals surface area contributed by atoms with E-state index in [2.05, 4.69) is 14.8 Å². The van der Waals surface area contributed by atoms with Crippen molar-refractivity contribution in [3.05, 3.63) is 12.7 Å². The first-order valence-electron chi connectivity index (χ1n) is 6.76. The largest absolute Gasteiger partial charge is 0.279 e. The van der Waals surface area contributed by atoms with Crippen molar-refractivity contribution < 1.29 is 8.42 Å². The van der Waals surface area contributed by atoms with Gasteiger partial charge in [-0.2, -0.15) is 17.8 Å². The molecule has 2 heterocycles. The highest BCUT2D eigenvalue weighted by Gasteiger charge is 2.21. The molecule has 8 heteroatoms. The molecule has 1 aliphatic rings. The molecule has 0 atom stereocenters. The van der Waals surface area contributed by atoms with Crippen LogP contribution in [0.3, 0.4) is 0 Å². The molecule has 0 amide bonds. The topological polar surface area (TPSA) is 80.1 Å². The highest BCUT2D eigenvalue weighted by molar-refractivity contribution is 7.87. The fourth-order valence-corrected chi connectivity index (χ4v) is 3.49. The van der Waals surface area contributed by atoms with Crippen LogP contribution in [0.15, 0.2) is 12.7 Å². The van der Waals surface area contributed by atoms with Gasteiger partial charge in [-0.15, -0.1) is 0 Å². The first-order chi connectivity index (χ1) is 9.18. The maximum absolute atomic E-state index is 12.1. The number of hydrogen-bond donors (Lipinski definition) is 1. The van der Waals surface area contributed by atoms with Gasteiger partial charge in [0.05, 0.1) is 0 Å². The minimum absolute atomic E-state index is 0.429. The summed E-state index contributed by atoms with van der Waals surface area (Å²) in [6.45, 7) is 2.37. The molecule has 1 aromatic rings. The number of rotatable bonds is 6. The van der Waals surface area contributed by atoms with Gasteiger partial charge in [0, 0.05) is 26.2 Å². The summed E-state index contributed by atoms with van der Waals surface area (Å²) in [6, 6.07) is 0. The van der Waals surface area contributed by atoms with E-state index in [0.717, 1.165) is 25.7 Å². The highest BCUT2D eigenvalue weighted by atomic mass is 32.2. The van der Waals surface area contributed by atoms with E-state index in [1.165, 1.54) is 6.33 Å². The minimum atomic E-state index is -3.31. The van der Waals surface area contributed by atoms with Crippen molar-refractivity contribution in [1.29, 1.82) is 0 Å². The van der Waals surface area contributed by atoms with Crippen molar-refractivity contribution >= 4 is 10.2 Å². The number of aromatic nitrogens is 3. The summed E-state index contributed by atoms with van der Waals surface area (Å²) in [4.78, 5) is 3.84. The standard InChI is InChI=1S/C11H21N5O2S/c17-19(18,16-8-3-1-2-4-9-16)14-6-5-7-15-11-12-10-13-15/h10-11,14H,1-9H2. The zero-order chi connectivity index (χ0) is 13.6. The normalized spacial score (nSPS) is 18.3. The summed E-state index contributed by atoms with van der Waals surface area (Å²) in [7, 11) is -3.31. The van der Waals surface area contributed by atoms with Crippen LogP contribution in [0.1, 0.15) is 32.1 Å². The van der Waals surface area contributed by atoms with Crippen LogP contribution in [0.5, 0.6) is 0 Å². The fourth-order valence-electron chi connectivity index (χ4n) is 2.16. The lowest BCUT2D eigenvalue weighted by molar-refractivity contribution is 0.413. The lowest BCUT2D eigenvalue weighted by Crippen LogP contribution is -2.41. The Labute approximate surface area is 114 Å². The number of nitrogens with one attached hydrogen (secondary N) is 1. The Hall–Kier alpha value is -0.990. The minimum Gasteiger partial charge on any atom is -0.253 e. The summed E-state index contributed by atoms with van der Waals surface area (Å²) in [5, 5.41) is 3.97. The third-order valence-corrected chi connectivity index (χ3v) is 4.83. The molecule has 7 nitrogen and oxygen atoms in total. The SMILES string of the molecule is O=S(=O)(NCCCn1cncn1)N1CCCCCC1. The van der Waals surface area contributed by atoms with E-state index in [-0.39, 0.29) is 0 Å². The van der Waals surface area contributed by atoms with E-state index < -0.39 is 10.2 Å². The van der Waals surface area contributed by atoms with Crippen LogP contribution in [0.2, 0.25) is 0 Å². The van der Waals surface area contributed by atoms with Crippen molar-refractivity contribution in [2.24, 2.45) is 0 Å². The predicted octanol–water partition coefficient (Wildman–Crippen LogP) is 0.379. The Bertz CT molecular complexity index is 451. The van der Waals surface area contributed by atoms with E-state index in [0.29, 0.717) is 32.6 Å². The van der Waals surface area contributed by atoms with E-state index in [9.17, 15) is 8.42 Å². The number of hydrogen-bond acceptors (Lipinski definition) is 4. The van der Waals surface area contributed by atoms with E-state index in [4.69, 9.17) is 0 Å². The Morgan fingerprint density at radius 2 is 1.89 bits per heavy atom. The molecule has 2 rings (SSSR count). The second-order valence-corrected chi connectivity index (χ2v) is 6.48. The molecule has 0 aromatic carbocycles. The lowest BCUT2D eigenvalue weighted by Gasteiger charge is -2.20. The Balaban J connectivity index is 1.73. The summed E-state index contributed by atoms with van der Waals surface area (Å²) < 4.78 is 30.1. The van der Waals surface area contributed by atoms with E-state index >= 15 is 0 Å². The molecule has 1 N–H and O–H groups in total. The van der Waals surface area contributed by atoms with Gasteiger partial charge in [-0.25, -0.2) is 9.71 Å². The molecule has 0 spiro atoms. The summed E-state index contributed by atoms with van der Waals surface area (Å²) >= 11 is 0. The number of nitrogens with zero attached hydrogens (tertiary/aromatic N) is 4. The van der Waals surface area contributed by atoms with Gasteiger partial charge in [0.2, 0.25) is 0 Å². The molecule has 1 aliphatic heterocycles. The summed E-state index contributed by atoms with van der Waals surface area (Å²) in [5.74, 6) is 0. The fraction of sp³-hybridized carbons (Fsp3) is 0.818. The highest BCUT2D eigenvalue weighted by Crippen LogP contribution is 2.12. The van der Waals surface area contributed by atoms with Crippen LogP contribution in [-0.4, -0.2) is 47.1 Å². The molecule has 0 unspecified atom stereocenters. The Morgan fingerprint density at radius 3 is 2.53 bits per heavy atom. The van der Waals surface area contributed by atoms with Crippen LogP contribution in [0.25, 0.3) is 0 Å². The smallest absolute Gasteiger partial charge is 0.253 e. The first-order valence-corrected chi connectivity index (χ1v) is 8.20. The maximum atomic E-state index is 12.1. The third-order valence-electron chi connectivity index (χ3n) is 3.22. The maximum Gasteiger partial charge on any atom is 0.279 e. The van der Waals surface area contributed by atoms with Crippen LogP contribution in [0, 0.1) is 0 Å². The second kappa shape index (κ2) is 6.97. The summed E-state index contributed by atoms with van der Waals surface area (Å²) in [6.07, 6.45) is 7.97. The van der Waals surface area contributed by atoms with E-state index in [1.807, 2.05) is 0 Å². The lowest BCUT2D eigenvalue weighted by atomic mass is 10.2. The van der Waals surface area contributed by atoms with Gasteiger partial charge in [0.1, 0.15) is 12.7 Å². The Kier molecular flexibility index (Phi) is 5.29. The molecule has 1 aromatic heterocycles. The van der Waals surface area contributed by atoms with Gasteiger partial charge in [-0.3, -0.25) is 4.68 Å². The average molecular weight is 287 g/mol. The molecule has 19 heavy (non-hydrogen) atoms. The van der Waals surface area contributed by atoms with Crippen LogP contribution in [0.4, 0.5) is 0 Å². The van der Waals surface area contributed by atoms with Crippen LogP contribution < -0.4 is 4.72 Å². The van der Waals surface area contributed by atoms with Crippen molar-refractivity contribution in [3.8, 4) is 0 Å². The van der Waals surface area contributed by atoms with Gasteiger partial charge >= 0.3 is 0 Å². The zero-order valence-electron chi connectivity index (χ0n) is 11.0. The molecule has 0 bridgehead atoms. The molecule has 108 valence electrons. The molecule has 0 radical (unpaired) electrons. The third kappa shape index (κ3) is 4.55. The second-order valence-electron chi connectivity index (χ2n) is 4.72. The van der Waals surface area contributed by atoms with Gasteiger partial charge in [-0.05, 0) is 19.3 Å². The monoisotopic (exact) mass is 287 g/mol. The van der Waals surface area contributed by atoms with Crippen molar-refractivity contribution in [3.63, 3.8) is 0 Å². The zero-order valence-corrected chi connectivity index (χ0v) is 11.8. The van der Waals surface area contributed by atoms with Gasteiger partial charge < -0.3 is 0 Å². The predicted molar refractivity (Wildman–Crippen MR) is 71.6 cm³/mol. The van der Waals surface area contributed by atoms with Gasteiger partial charge in [0.15, 0.2) is 0 Å². The van der Waals surface area contributed by atoms with Crippen molar-refractivity contribution in [2.75, 3.05) is 19.6 Å². The van der Waals surface area contributed by atoms with Crippen LogP contribution >= 0.6 is 0 Å². The molecule has 0 aliphatic carbocycles. The van der Waals surface area contributed by atoms with Crippen molar-refractivity contribution in [2.45, 2.75) is 38.6 Å². The van der Waals surface area contributed by atoms with Crippen LogP contribution in [-0.2, 0) is 16.8 Å². The number of aryl methyl sites for hydroxylation is 1. The van der Waals surface area contributed by atoms with E-state index in [1.54, 1.807) is 15.3 Å². The van der Waals surface area contributed by atoms with Crippen molar-refractivity contribution in [1.82, 2.24) is 23.8 Å². The van der Waals surface area contributed by atoms with Gasteiger partial charge in [-0.1, -0.05) is 12.8 Å². The molecule has 1 fully saturated rings. The Morgan fingerprint density at radius 1 is 1.16 bits per heavy atom. The molecular weight excluding hydrogens is 266 g/mol. The summed E-state index contributed by atoms with van der Waals surface area (Å²) in [5.41, 5.74) is 0. The molecular formula is C11H21N5O2S.